The van der Waals surface area contributed by atoms with Gasteiger partial charge in [0.1, 0.15) is 0 Å². The number of hydrogen-bond donors (Lipinski definition) is 3. The summed E-state index contributed by atoms with van der Waals surface area (Å²) in [6, 6.07) is 7.18. The quantitative estimate of drug-likeness (QED) is 0.759. The van der Waals surface area contributed by atoms with E-state index < -0.39 is 0 Å². The van der Waals surface area contributed by atoms with Crippen molar-refractivity contribution >= 4 is 11.6 Å². The van der Waals surface area contributed by atoms with Crippen LogP contribution in [0, 0.1) is 5.92 Å². The van der Waals surface area contributed by atoms with E-state index in [0.29, 0.717) is 5.92 Å². The molecule has 2 unspecified atom stereocenters. The smallest absolute Gasteiger partial charge is 0.241 e. The van der Waals surface area contributed by atoms with Gasteiger partial charge in [-0.2, -0.15) is 0 Å². The minimum atomic E-state index is -0.114. The summed E-state index contributed by atoms with van der Waals surface area (Å²) in [6.07, 6.45) is 2.21. The van der Waals surface area contributed by atoms with Crippen LogP contribution >= 0.6 is 0 Å². The Labute approximate surface area is 107 Å². The van der Waals surface area contributed by atoms with E-state index in [-0.39, 0.29) is 18.6 Å². The SMILES string of the molecule is CC1CCCNC1C(=O)Nc1cccc(CO)c1. The zero-order chi connectivity index (χ0) is 13.0. The average Bonchev–Trinajstić information content (AvgIpc) is 2.39. The molecule has 1 saturated heterocycles. The summed E-state index contributed by atoms with van der Waals surface area (Å²) < 4.78 is 0. The van der Waals surface area contributed by atoms with E-state index in [9.17, 15) is 4.79 Å². The molecule has 0 bridgehead atoms. The Morgan fingerprint density at radius 1 is 1.56 bits per heavy atom. The summed E-state index contributed by atoms with van der Waals surface area (Å²) in [7, 11) is 0. The van der Waals surface area contributed by atoms with Crippen LogP contribution in [0.3, 0.4) is 0 Å². The highest BCUT2D eigenvalue weighted by Gasteiger charge is 2.27. The summed E-state index contributed by atoms with van der Waals surface area (Å²) in [5.41, 5.74) is 1.54. The van der Waals surface area contributed by atoms with Crippen molar-refractivity contribution in [2.45, 2.75) is 32.4 Å². The Bertz CT molecular complexity index is 420. The molecule has 4 heteroatoms. The van der Waals surface area contributed by atoms with Crippen molar-refractivity contribution in [3.63, 3.8) is 0 Å². The molecule has 18 heavy (non-hydrogen) atoms. The van der Waals surface area contributed by atoms with Gasteiger partial charge in [-0.1, -0.05) is 19.1 Å². The fraction of sp³-hybridized carbons (Fsp3) is 0.500. The number of anilines is 1. The molecule has 0 aliphatic carbocycles. The molecule has 0 radical (unpaired) electrons. The maximum absolute atomic E-state index is 12.1. The summed E-state index contributed by atoms with van der Waals surface area (Å²) in [4.78, 5) is 12.1. The van der Waals surface area contributed by atoms with Crippen molar-refractivity contribution < 1.29 is 9.90 Å². The maximum Gasteiger partial charge on any atom is 0.241 e. The van der Waals surface area contributed by atoms with E-state index in [1.165, 1.54) is 0 Å². The predicted octanol–water partition coefficient (Wildman–Crippen LogP) is 1.51. The van der Waals surface area contributed by atoms with Gasteiger partial charge in [-0.15, -0.1) is 0 Å². The van der Waals surface area contributed by atoms with Gasteiger partial charge in [0.2, 0.25) is 5.91 Å². The number of amides is 1. The van der Waals surface area contributed by atoms with Crippen LogP contribution in [0.1, 0.15) is 25.3 Å². The van der Waals surface area contributed by atoms with Gasteiger partial charge in [0.15, 0.2) is 0 Å². The van der Waals surface area contributed by atoms with Crippen LogP contribution in [0.2, 0.25) is 0 Å². The highest BCUT2D eigenvalue weighted by molar-refractivity contribution is 5.95. The van der Waals surface area contributed by atoms with Crippen LogP contribution in [0.25, 0.3) is 0 Å². The van der Waals surface area contributed by atoms with Gasteiger partial charge >= 0.3 is 0 Å². The third-order valence-corrected chi connectivity index (χ3v) is 3.43. The number of nitrogens with one attached hydrogen (secondary N) is 2. The Kier molecular flexibility index (Phi) is 4.33. The van der Waals surface area contributed by atoms with Gasteiger partial charge < -0.3 is 15.7 Å². The van der Waals surface area contributed by atoms with Gasteiger partial charge in [-0.25, -0.2) is 0 Å². The number of benzene rings is 1. The lowest BCUT2D eigenvalue weighted by Crippen LogP contribution is -2.48. The molecule has 1 aromatic rings. The molecule has 1 heterocycles. The predicted molar refractivity (Wildman–Crippen MR) is 71.2 cm³/mol. The summed E-state index contributed by atoms with van der Waals surface area (Å²) in [6.45, 7) is 2.99. The van der Waals surface area contributed by atoms with Crippen molar-refractivity contribution in [1.82, 2.24) is 5.32 Å². The Hall–Kier alpha value is -1.39. The second-order valence-corrected chi connectivity index (χ2v) is 4.90. The third kappa shape index (κ3) is 3.09. The molecule has 98 valence electrons. The number of aliphatic hydroxyl groups is 1. The number of carbonyl (C=O) groups is 1. The number of rotatable bonds is 3. The molecular weight excluding hydrogens is 228 g/mol. The molecule has 1 aliphatic heterocycles. The number of aliphatic hydroxyl groups excluding tert-OH is 1. The molecule has 3 N–H and O–H groups in total. The van der Waals surface area contributed by atoms with Gasteiger partial charge in [0.05, 0.1) is 12.6 Å². The van der Waals surface area contributed by atoms with E-state index in [2.05, 4.69) is 17.6 Å². The molecule has 1 fully saturated rings. The summed E-state index contributed by atoms with van der Waals surface area (Å²) in [5.74, 6) is 0.372. The third-order valence-electron chi connectivity index (χ3n) is 3.43. The molecule has 0 saturated carbocycles. The zero-order valence-corrected chi connectivity index (χ0v) is 10.6. The molecule has 1 aromatic carbocycles. The Morgan fingerprint density at radius 2 is 2.39 bits per heavy atom. The summed E-state index contributed by atoms with van der Waals surface area (Å²) in [5, 5.41) is 15.2. The molecule has 4 nitrogen and oxygen atoms in total. The number of carbonyl (C=O) groups excluding carboxylic acids is 1. The lowest BCUT2D eigenvalue weighted by atomic mass is 9.92. The first-order chi connectivity index (χ1) is 8.70. The standard InChI is InChI=1S/C14H20N2O2/c1-10-4-3-7-15-13(10)14(18)16-12-6-2-5-11(8-12)9-17/h2,5-6,8,10,13,15,17H,3-4,7,9H2,1H3,(H,16,18). The molecule has 0 spiro atoms. The fourth-order valence-electron chi connectivity index (χ4n) is 2.37. The first-order valence-corrected chi connectivity index (χ1v) is 6.45. The minimum absolute atomic E-state index is 0.0114. The second kappa shape index (κ2) is 5.98. The lowest BCUT2D eigenvalue weighted by molar-refractivity contribution is -0.119. The molecule has 2 rings (SSSR count). The van der Waals surface area contributed by atoms with Crippen LogP contribution in [-0.4, -0.2) is 23.6 Å². The van der Waals surface area contributed by atoms with Crippen LogP contribution in [0.15, 0.2) is 24.3 Å². The van der Waals surface area contributed by atoms with Gasteiger partial charge in [-0.3, -0.25) is 4.79 Å². The highest BCUT2D eigenvalue weighted by atomic mass is 16.3. The zero-order valence-electron chi connectivity index (χ0n) is 10.6. The first kappa shape index (κ1) is 13.1. The first-order valence-electron chi connectivity index (χ1n) is 6.45. The van der Waals surface area contributed by atoms with Crippen molar-refractivity contribution in [2.75, 3.05) is 11.9 Å². The van der Waals surface area contributed by atoms with E-state index in [1.54, 1.807) is 6.07 Å². The molecule has 0 aromatic heterocycles. The molecule has 2 atom stereocenters. The molecular formula is C14H20N2O2. The maximum atomic E-state index is 12.1. The van der Waals surface area contributed by atoms with Crippen LogP contribution < -0.4 is 10.6 Å². The van der Waals surface area contributed by atoms with Gasteiger partial charge in [-0.05, 0) is 43.0 Å². The van der Waals surface area contributed by atoms with E-state index in [1.807, 2.05) is 18.2 Å². The van der Waals surface area contributed by atoms with E-state index >= 15 is 0 Å². The summed E-state index contributed by atoms with van der Waals surface area (Å²) >= 11 is 0. The van der Waals surface area contributed by atoms with Crippen LogP contribution in [-0.2, 0) is 11.4 Å². The molecule has 1 amide bonds. The Morgan fingerprint density at radius 3 is 3.11 bits per heavy atom. The largest absolute Gasteiger partial charge is 0.392 e. The van der Waals surface area contributed by atoms with Gasteiger partial charge in [0, 0.05) is 5.69 Å². The average molecular weight is 248 g/mol. The van der Waals surface area contributed by atoms with Gasteiger partial charge in [0.25, 0.3) is 0 Å². The van der Waals surface area contributed by atoms with E-state index in [0.717, 1.165) is 30.6 Å². The van der Waals surface area contributed by atoms with Crippen molar-refractivity contribution in [3.8, 4) is 0 Å². The van der Waals surface area contributed by atoms with Crippen LogP contribution in [0.5, 0.6) is 0 Å². The monoisotopic (exact) mass is 248 g/mol. The fourth-order valence-corrected chi connectivity index (χ4v) is 2.37. The number of piperidine rings is 1. The number of hydrogen-bond acceptors (Lipinski definition) is 3. The lowest BCUT2D eigenvalue weighted by Gasteiger charge is -2.28. The van der Waals surface area contributed by atoms with E-state index in [4.69, 9.17) is 5.11 Å². The van der Waals surface area contributed by atoms with Crippen molar-refractivity contribution in [1.29, 1.82) is 0 Å². The highest BCUT2D eigenvalue weighted by Crippen LogP contribution is 2.18. The topological polar surface area (TPSA) is 61.4 Å². The van der Waals surface area contributed by atoms with Crippen molar-refractivity contribution in [3.05, 3.63) is 29.8 Å². The second-order valence-electron chi connectivity index (χ2n) is 4.90. The molecule has 1 aliphatic rings. The van der Waals surface area contributed by atoms with Crippen molar-refractivity contribution in [2.24, 2.45) is 5.92 Å². The normalized spacial score (nSPS) is 23.7. The minimum Gasteiger partial charge on any atom is -0.392 e. The Balaban J connectivity index is 2.01. The van der Waals surface area contributed by atoms with Crippen LogP contribution in [0.4, 0.5) is 5.69 Å².